The van der Waals surface area contributed by atoms with E-state index in [2.05, 4.69) is 10.6 Å². The van der Waals surface area contributed by atoms with Crippen molar-refractivity contribution in [2.75, 3.05) is 33.4 Å². The summed E-state index contributed by atoms with van der Waals surface area (Å²) in [6.07, 6.45) is 1.76. The second kappa shape index (κ2) is 7.72. The average molecular weight is 342 g/mol. The van der Waals surface area contributed by atoms with Gasteiger partial charge in [0.1, 0.15) is 5.56 Å². The van der Waals surface area contributed by atoms with Gasteiger partial charge < -0.3 is 15.4 Å². The lowest BCUT2D eigenvalue weighted by Gasteiger charge is -2.37. The van der Waals surface area contributed by atoms with Gasteiger partial charge in [0.2, 0.25) is 0 Å². The zero-order valence-corrected chi connectivity index (χ0v) is 13.7. The van der Waals surface area contributed by atoms with Crippen LogP contribution in [0.3, 0.4) is 0 Å². The standard InChI is InChI=1S/C15H20ClN3O4/c1-23-10-15(4-6-17-7-5-15)9-18-14(20)12-3-2-11(16)8-13(12)19(21)22/h2-3,8,17H,4-7,9-10H2,1H3,(H,18,20). The smallest absolute Gasteiger partial charge is 0.283 e. The second-order valence-electron chi connectivity index (χ2n) is 5.78. The van der Waals surface area contributed by atoms with E-state index in [0.29, 0.717) is 13.2 Å². The highest BCUT2D eigenvalue weighted by Gasteiger charge is 2.33. The van der Waals surface area contributed by atoms with Crippen molar-refractivity contribution in [1.82, 2.24) is 10.6 Å². The SMILES string of the molecule is COCC1(CNC(=O)c2ccc(Cl)cc2[N+](=O)[O-])CCNCC1. The summed E-state index contributed by atoms with van der Waals surface area (Å²) in [5, 5.41) is 17.4. The van der Waals surface area contributed by atoms with Crippen molar-refractivity contribution in [2.24, 2.45) is 5.41 Å². The molecule has 1 saturated heterocycles. The largest absolute Gasteiger partial charge is 0.384 e. The lowest BCUT2D eigenvalue weighted by atomic mass is 9.79. The van der Waals surface area contributed by atoms with Crippen molar-refractivity contribution in [3.8, 4) is 0 Å². The number of nitrogens with zero attached hydrogens (tertiary/aromatic N) is 1. The van der Waals surface area contributed by atoms with Gasteiger partial charge >= 0.3 is 0 Å². The molecule has 8 heteroatoms. The van der Waals surface area contributed by atoms with Gasteiger partial charge in [-0.1, -0.05) is 11.6 Å². The number of carbonyl (C=O) groups excluding carboxylic acids is 1. The summed E-state index contributed by atoms with van der Waals surface area (Å²) in [6, 6.07) is 4.03. The summed E-state index contributed by atoms with van der Waals surface area (Å²) in [5.74, 6) is -0.470. The minimum Gasteiger partial charge on any atom is -0.384 e. The number of halogens is 1. The van der Waals surface area contributed by atoms with Crippen LogP contribution in [-0.4, -0.2) is 44.2 Å². The molecule has 0 unspecified atom stereocenters. The molecule has 1 aromatic carbocycles. The molecule has 0 spiro atoms. The summed E-state index contributed by atoms with van der Waals surface area (Å²) in [4.78, 5) is 22.8. The van der Waals surface area contributed by atoms with Crippen LogP contribution in [0.5, 0.6) is 0 Å². The molecule has 2 N–H and O–H groups in total. The zero-order chi connectivity index (χ0) is 16.9. The Morgan fingerprint density at radius 3 is 2.78 bits per heavy atom. The predicted octanol–water partition coefficient (Wildman–Crippen LogP) is 1.99. The highest BCUT2D eigenvalue weighted by molar-refractivity contribution is 6.31. The van der Waals surface area contributed by atoms with Crippen LogP contribution in [0.25, 0.3) is 0 Å². The van der Waals surface area contributed by atoms with Gasteiger partial charge in [-0.2, -0.15) is 0 Å². The normalized spacial score (nSPS) is 16.8. The van der Waals surface area contributed by atoms with Crippen LogP contribution < -0.4 is 10.6 Å². The van der Waals surface area contributed by atoms with E-state index in [0.717, 1.165) is 25.9 Å². The molecular formula is C15H20ClN3O4. The Balaban J connectivity index is 2.11. The Kier molecular flexibility index (Phi) is 5.92. The molecule has 23 heavy (non-hydrogen) atoms. The summed E-state index contributed by atoms with van der Waals surface area (Å²) in [5.41, 5.74) is -0.418. The minimum absolute atomic E-state index is 0.0147. The Bertz CT molecular complexity index is 583. The van der Waals surface area contributed by atoms with Crippen LogP contribution in [0.15, 0.2) is 18.2 Å². The van der Waals surface area contributed by atoms with Crippen LogP contribution in [0, 0.1) is 15.5 Å². The first-order valence-corrected chi connectivity index (χ1v) is 7.77. The van der Waals surface area contributed by atoms with Gasteiger partial charge in [0.05, 0.1) is 11.5 Å². The minimum atomic E-state index is -0.601. The van der Waals surface area contributed by atoms with Crippen LogP contribution >= 0.6 is 11.6 Å². The summed E-state index contributed by atoms with van der Waals surface area (Å²) >= 11 is 5.77. The molecule has 0 aliphatic carbocycles. The number of ether oxygens (including phenoxy) is 1. The molecule has 1 aliphatic heterocycles. The molecule has 1 amide bonds. The fourth-order valence-corrected chi connectivity index (χ4v) is 3.01. The number of nitro benzene ring substituents is 1. The number of carbonyl (C=O) groups is 1. The van der Waals surface area contributed by atoms with E-state index in [1.165, 1.54) is 18.2 Å². The van der Waals surface area contributed by atoms with E-state index in [9.17, 15) is 14.9 Å². The van der Waals surface area contributed by atoms with Crippen molar-refractivity contribution in [2.45, 2.75) is 12.8 Å². The van der Waals surface area contributed by atoms with Crippen molar-refractivity contribution in [1.29, 1.82) is 0 Å². The van der Waals surface area contributed by atoms with Gasteiger partial charge in [-0.15, -0.1) is 0 Å². The predicted molar refractivity (Wildman–Crippen MR) is 86.9 cm³/mol. The number of hydrogen-bond donors (Lipinski definition) is 2. The summed E-state index contributed by atoms with van der Waals surface area (Å²) in [7, 11) is 1.63. The Morgan fingerprint density at radius 2 is 2.17 bits per heavy atom. The fourth-order valence-electron chi connectivity index (χ4n) is 2.85. The maximum absolute atomic E-state index is 12.4. The number of methoxy groups -OCH3 is 1. The molecule has 1 aromatic rings. The molecule has 1 heterocycles. The molecule has 1 aliphatic rings. The number of nitrogens with one attached hydrogen (secondary N) is 2. The zero-order valence-electron chi connectivity index (χ0n) is 12.9. The van der Waals surface area contributed by atoms with Crippen molar-refractivity contribution in [3.63, 3.8) is 0 Å². The molecule has 0 bridgehead atoms. The number of nitro groups is 1. The maximum atomic E-state index is 12.4. The highest BCUT2D eigenvalue weighted by atomic mass is 35.5. The number of piperidine rings is 1. The van der Waals surface area contributed by atoms with Gasteiger partial charge in [-0.05, 0) is 38.1 Å². The van der Waals surface area contributed by atoms with E-state index in [4.69, 9.17) is 16.3 Å². The van der Waals surface area contributed by atoms with E-state index < -0.39 is 10.8 Å². The maximum Gasteiger partial charge on any atom is 0.283 e. The second-order valence-corrected chi connectivity index (χ2v) is 6.22. The lowest BCUT2D eigenvalue weighted by molar-refractivity contribution is -0.385. The van der Waals surface area contributed by atoms with Crippen molar-refractivity contribution < 1.29 is 14.5 Å². The van der Waals surface area contributed by atoms with Crippen molar-refractivity contribution >= 4 is 23.2 Å². The molecule has 126 valence electrons. The van der Waals surface area contributed by atoms with Gasteiger partial charge in [-0.25, -0.2) is 0 Å². The monoisotopic (exact) mass is 341 g/mol. The number of hydrogen-bond acceptors (Lipinski definition) is 5. The van der Waals surface area contributed by atoms with Gasteiger partial charge in [0, 0.05) is 30.2 Å². The molecule has 2 rings (SSSR count). The molecule has 0 radical (unpaired) electrons. The van der Waals surface area contributed by atoms with Gasteiger partial charge in [0.15, 0.2) is 0 Å². The molecular weight excluding hydrogens is 322 g/mol. The first-order chi connectivity index (χ1) is 11.0. The van der Waals surface area contributed by atoms with E-state index in [-0.39, 0.29) is 21.7 Å². The number of benzene rings is 1. The first-order valence-electron chi connectivity index (χ1n) is 7.39. The summed E-state index contributed by atoms with van der Waals surface area (Å²) < 4.78 is 5.30. The Hall–Kier alpha value is -1.70. The first kappa shape index (κ1) is 17.7. The van der Waals surface area contributed by atoms with E-state index >= 15 is 0 Å². The molecule has 1 fully saturated rings. The van der Waals surface area contributed by atoms with E-state index in [1.54, 1.807) is 7.11 Å². The van der Waals surface area contributed by atoms with Crippen LogP contribution in [0.2, 0.25) is 5.02 Å². The number of rotatable bonds is 6. The van der Waals surface area contributed by atoms with Crippen LogP contribution in [0.1, 0.15) is 23.2 Å². The number of amides is 1. The topological polar surface area (TPSA) is 93.5 Å². The molecule has 0 atom stereocenters. The average Bonchev–Trinajstić information content (AvgIpc) is 2.54. The van der Waals surface area contributed by atoms with Crippen LogP contribution in [-0.2, 0) is 4.74 Å². The Morgan fingerprint density at radius 1 is 1.48 bits per heavy atom. The molecule has 0 saturated carbocycles. The fraction of sp³-hybridized carbons (Fsp3) is 0.533. The molecule has 0 aromatic heterocycles. The Labute approximate surface area is 139 Å². The third kappa shape index (κ3) is 4.40. The third-order valence-corrected chi connectivity index (χ3v) is 4.37. The van der Waals surface area contributed by atoms with Crippen molar-refractivity contribution in [3.05, 3.63) is 38.9 Å². The summed E-state index contributed by atoms with van der Waals surface area (Å²) in [6.45, 7) is 2.68. The lowest BCUT2D eigenvalue weighted by Crippen LogP contribution is -2.47. The highest BCUT2D eigenvalue weighted by Crippen LogP contribution is 2.29. The van der Waals surface area contributed by atoms with Gasteiger partial charge in [0.25, 0.3) is 11.6 Å². The molecule has 7 nitrogen and oxygen atoms in total. The third-order valence-electron chi connectivity index (χ3n) is 4.14. The quantitative estimate of drug-likeness (QED) is 0.609. The van der Waals surface area contributed by atoms with Gasteiger partial charge in [-0.3, -0.25) is 14.9 Å². The van der Waals surface area contributed by atoms with E-state index in [1.807, 2.05) is 0 Å². The van der Waals surface area contributed by atoms with Crippen LogP contribution in [0.4, 0.5) is 5.69 Å².